The first-order valence-corrected chi connectivity index (χ1v) is 10.6. The van der Waals surface area contributed by atoms with Crippen LogP contribution in [0.3, 0.4) is 0 Å². The van der Waals surface area contributed by atoms with Crippen molar-refractivity contribution in [2.75, 3.05) is 38.2 Å². The normalized spacial score (nSPS) is 18.7. The van der Waals surface area contributed by atoms with Crippen LogP contribution in [0.25, 0.3) is 11.3 Å². The number of anilines is 1. The van der Waals surface area contributed by atoms with E-state index in [1.807, 2.05) is 30.3 Å². The molecule has 4 rings (SSSR count). The van der Waals surface area contributed by atoms with E-state index in [2.05, 4.69) is 26.7 Å². The van der Waals surface area contributed by atoms with Gasteiger partial charge < -0.3 is 14.5 Å². The van der Waals surface area contributed by atoms with Gasteiger partial charge in [-0.3, -0.25) is 4.79 Å². The summed E-state index contributed by atoms with van der Waals surface area (Å²) in [4.78, 5) is 26.1. The second-order valence-corrected chi connectivity index (χ2v) is 8.26. The molecule has 2 fully saturated rings. The summed E-state index contributed by atoms with van der Waals surface area (Å²) in [5, 5.41) is 0. The maximum absolute atomic E-state index is 12.9. The fourth-order valence-corrected chi connectivity index (χ4v) is 4.28. The highest BCUT2D eigenvalue weighted by Crippen LogP contribution is 2.28. The highest BCUT2D eigenvalue weighted by atomic mass is 16.5. The molecule has 1 amide bonds. The molecule has 154 valence electrons. The molecule has 1 aromatic carbocycles. The average Bonchev–Trinajstić information content (AvgIpc) is 2.79. The number of aromatic nitrogens is 2. The van der Waals surface area contributed by atoms with Crippen LogP contribution in [0.5, 0.6) is 5.75 Å². The first kappa shape index (κ1) is 19.7. The highest BCUT2D eigenvalue weighted by molar-refractivity contribution is 5.79. The molecule has 29 heavy (non-hydrogen) atoms. The Morgan fingerprint density at radius 2 is 1.69 bits per heavy atom. The van der Waals surface area contributed by atoms with Crippen LogP contribution in [-0.2, 0) is 4.79 Å². The van der Waals surface area contributed by atoms with Crippen molar-refractivity contribution >= 4 is 11.7 Å². The summed E-state index contributed by atoms with van der Waals surface area (Å²) in [6.45, 7) is 5.86. The molecule has 0 N–H and O–H groups in total. The van der Waals surface area contributed by atoms with E-state index in [9.17, 15) is 4.79 Å². The minimum absolute atomic E-state index is 0.155. The van der Waals surface area contributed by atoms with Crippen LogP contribution < -0.4 is 9.64 Å². The first-order valence-electron chi connectivity index (χ1n) is 10.6. The third-order valence-corrected chi connectivity index (χ3v) is 6.30. The Kier molecular flexibility index (Phi) is 5.97. The molecule has 3 heterocycles. The number of hydrogen-bond acceptors (Lipinski definition) is 5. The van der Waals surface area contributed by atoms with E-state index in [4.69, 9.17) is 4.74 Å². The Labute approximate surface area is 172 Å². The number of nitrogens with zero attached hydrogens (tertiary/aromatic N) is 4. The third kappa shape index (κ3) is 4.52. The molecule has 0 spiro atoms. The summed E-state index contributed by atoms with van der Waals surface area (Å²) < 4.78 is 5.23. The fraction of sp³-hybridized carbons (Fsp3) is 0.522. The zero-order valence-corrected chi connectivity index (χ0v) is 17.4. The van der Waals surface area contributed by atoms with Gasteiger partial charge in [0, 0.05) is 43.7 Å². The van der Waals surface area contributed by atoms with Crippen LogP contribution in [-0.4, -0.2) is 54.1 Å². The average molecular weight is 395 g/mol. The van der Waals surface area contributed by atoms with Crippen LogP contribution in [0.1, 0.15) is 32.6 Å². The molecule has 0 bridgehead atoms. The number of benzene rings is 1. The zero-order valence-electron chi connectivity index (χ0n) is 17.4. The third-order valence-electron chi connectivity index (χ3n) is 6.30. The summed E-state index contributed by atoms with van der Waals surface area (Å²) >= 11 is 0. The van der Waals surface area contributed by atoms with Crippen molar-refractivity contribution in [2.45, 2.75) is 32.6 Å². The minimum atomic E-state index is 0.155. The van der Waals surface area contributed by atoms with Crippen molar-refractivity contribution in [2.24, 2.45) is 11.8 Å². The summed E-state index contributed by atoms with van der Waals surface area (Å²) in [6.07, 6.45) is 5.69. The molecule has 2 aliphatic rings. The lowest BCUT2D eigenvalue weighted by atomic mass is 9.92. The van der Waals surface area contributed by atoms with Gasteiger partial charge in [-0.2, -0.15) is 0 Å². The van der Waals surface area contributed by atoms with Crippen molar-refractivity contribution in [3.05, 3.63) is 36.7 Å². The van der Waals surface area contributed by atoms with Gasteiger partial charge in [0.15, 0.2) is 0 Å². The molecule has 6 heteroatoms. The van der Waals surface area contributed by atoms with Crippen molar-refractivity contribution in [3.63, 3.8) is 0 Å². The van der Waals surface area contributed by atoms with E-state index in [1.165, 1.54) is 0 Å². The summed E-state index contributed by atoms with van der Waals surface area (Å²) in [5.41, 5.74) is 1.94. The second-order valence-electron chi connectivity index (χ2n) is 8.26. The molecule has 6 nitrogen and oxygen atoms in total. The Morgan fingerprint density at radius 3 is 2.34 bits per heavy atom. The predicted octanol–water partition coefficient (Wildman–Crippen LogP) is 3.63. The Bertz CT molecular complexity index is 823. The molecular formula is C23H30N4O2. The van der Waals surface area contributed by atoms with Gasteiger partial charge in [0.2, 0.25) is 5.91 Å². The maximum atomic E-state index is 12.9. The lowest BCUT2D eigenvalue weighted by Gasteiger charge is -2.37. The van der Waals surface area contributed by atoms with E-state index >= 15 is 0 Å². The molecule has 0 atom stereocenters. The van der Waals surface area contributed by atoms with Crippen molar-refractivity contribution in [1.82, 2.24) is 14.9 Å². The number of ether oxygens (including phenoxy) is 1. The predicted molar refractivity (Wildman–Crippen MR) is 114 cm³/mol. The van der Waals surface area contributed by atoms with Gasteiger partial charge in [-0.15, -0.1) is 0 Å². The maximum Gasteiger partial charge on any atom is 0.225 e. The number of carbonyl (C=O) groups is 1. The van der Waals surface area contributed by atoms with Crippen molar-refractivity contribution in [3.8, 4) is 17.0 Å². The number of piperidine rings is 2. The number of methoxy groups -OCH3 is 1. The van der Waals surface area contributed by atoms with Crippen molar-refractivity contribution in [1.29, 1.82) is 0 Å². The Hall–Kier alpha value is -2.63. The molecule has 0 unspecified atom stereocenters. The summed E-state index contributed by atoms with van der Waals surface area (Å²) in [6, 6.07) is 9.94. The smallest absolute Gasteiger partial charge is 0.225 e. The zero-order chi connectivity index (χ0) is 20.2. The standard InChI is InChI=1S/C23H30N4O2/c1-17-7-11-27(12-8-17)23(28)19-9-13-26(14-10-19)22-15-21(24-16-25-22)18-3-5-20(29-2)6-4-18/h3-6,15-17,19H,7-14H2,1-2H3. The van der Waals surface area contributed by atoms with E-state index in [0.29, 0.717) is 5.91 Å². The quantitative estimate of drug-likeness (QED) is 0.793. The largest absolute Gasteiger partial charge is 0.497 e. The van der Waals surface area contributed by atoms with Gasteiger partial charge in [-0.05, 0) is 55.9 Å². The summed E-state index contributed by atoms with van der Waals surface area (Å²) in [7, 11) is 1.66. The molecular weight excluding hydrogens is 364 g/mol. The van der Waals surface area contributed by atoms with Gasteiger partial charge in [0.1, 0.15) is 17.9 Å². The molecule has 0 saturated carbocycles. The minimum Gasteiger partial charge on any atom is -0.497 e. The number of rotatable bonds is 4. The van der Waals surface area contributed by atoms with Crippen LogP contribution in [0.2, 0.25) is 0 Å². The number of amides is 1. The number of hydrogen-bond donors (Lipinski definition) is 0. The Balaban J connectivity index is 1.37. The van der Waals surface area contributed by atoms with E-state index in [1.54, 1.807) is 13.4 Å². The number of likely N-dealkylation sites (tertiary alicyclic amines) is 1. The van der Waals surface area contributed by atoms with Crippen LogP contribution >= 0.6 is 0 Å². The molecule has 1 aromatic heterocycles. The lowest BCUT2D eigenvalue weighted by molar-refractivity contribution is -0.137. The van der Waals surface area contributed by atoms with Gasteiger partial charge in [0.25, 0.3) is 0 Å². The van der Waals surface area contributed by atoms with Gasteiger partial charge in [-0.1, -0.05) is 6.92 Å². The molecule has 2 saturated heterocycles. The lowest BCUT2D eigenvalue weighted by Crippen LogP contribution is -2.45. The van der Waals surface area contributed by atoms with Gasteiger partial charge in [0.05, 0.1) is 12.8 Å². The molecule has 2 aromatic rings. The van der Waals surface area contributed by atoms with Crippen LogP contribution in [0.4, 0.5) is 5.82 Å². The Morgan fingerprint density at radius 1 is 1.00 bits per heavy atom. The summed E-state index contributed by atoms with van der Waals surface area (Å²) in [5.74, 6) is 3.03. The van der Waals surface area contributed by atoms with E-state index in [-0.39, 0.29) is 5.92 Å². The van der Waals surface area contributed by atoms with Crippen LogP contribution in [0, 0.1) is 11.8 Å². The van der Waals surface area contributed by atoms with E-state index < -0.39 is 0 Å². The SMILES string of the molecule is COc1ccc(-c2cc(N3CCC(C(=O)N4CCC(C)CC4)CC3)ncn2)cc1. The van der Waals surface area contributed by atoms with Crippen molar-refractivity contribution < 1.29 is 9.53 Å². The fourth-order valence-electron chi connectivity index (χ4n) is 4.28. The molecule has 0 radical (unpaired) electrons. The van der Waals surface area contributed by atoms with Gasteiger partial charge >= 0.3 is 0 Å². The monoisotopic (exact) mass is 394 g/mol. The number of carbonyl (C=O) groups excluding carboxylic acids is 1. The highest BCUT2D eigenvalue weighted by Gasteiger charge is 2.30. The second kappa shape index (κ2) is 8.80. The molecule has 0 aliphatic carbocycles. The van der Waals surface area contributed by atoms with Crippen LogP contribution in [0.15, 0.2) is 36.7 Å². The molecule has 2 aliphatic heterocycles. The van der Waals surface area contributed by atoms with Gasteiger partial charge in [-0.25, -0.2) is 9.97 Å². The van der Waals surface area contributed by atoms with E-state index in [0.717, 1.165) is 80.6 Å². The topological polar surface area (TPSA) is 58.6 Å². The first-order chi connectivity index (χ1) is 14.1.